The van der Waals surface area contributed by atoms with Gasteiger partial charge in [-0.15, -0.1) is 0 Å². The number of hydrogen-bond donors (Lipinski definition) is 2. The van der Waals surface area contributed by atoms with E-state index in [1.54, 1.807) is 0 Å². The van der Waals surface area contributed by atoms with Crippen molar-refractivity contribution in [3.05, 3.63) is 0 Å². The van der Waals surface area contributed by atoms with Gasteiger partial charge in [0.2, 0.25) is 0 Å². The number of rotatable bonds is 17. The Bertz CT molecular complexity index is 290. The molecule has 0 aromatic heterocycles. The van der Waals surface area contributed by atoms with Crippen LogP contribution in [0.4, 0.5) is 0 Å². The summed E-state index contributed by atoms with van der Waals surface area (Å²) in [6.07, 6.45) is 11.2. The molecule has 0 radical (unpaired) electrons. The molecule has 0 aliphatic carbocycles. The summed E-state index contributed by atoms with van der Waals surface area (Å²) in [5.74, 6) is 1.97. The quantitative estimate of drug-likeness (QED) is 0.368. The van der Waals surface area contributed by atoms with Crippen LogP contribution in [0.2, 0.25) is 0 Å². The first-order valence-corrected chi connectivity index (χ1v) is 10.4. The van der Waals surface area contributed by atoms with E-state index < -0.39 is 0 Å². The summed E-state index contributed by atoms with van der Waals surface area (Å²) in [6.45, 7) is 11.1. The van der Waals surface area contributed by atoms with Crippen LogP contribution in [0, 0.1) is 11.8 Å². The van der Waals surface area contributed by atoms with Gasteiger partial charge in [-0.3, -0.25) is 4.79 Å². The molecule has 0 unspecified atom stereocenters. The van der Waals surface area contributed by atoms with Crippen LogP contribution in [0.3, 0.4) is 0 Å². The second-order valence-electron chi connectivity index (χ2n) is 8.10. The zero-order valence-electron chi connectivity index (χ0n) is 17.1. The summed E-state index contributed by atoms with van der Waals surface area (Å²) in [5.41, 5.74) is 0. The number of Topliss-reactive ketones (excluding diaryl/α,β-unsaturated/α-hetero) is 1. The second kappa shape index (κ2) is 16.1. The number of carbonyl (C=O) groups excluding carboxylic acids is 1. The van der Waals surface area contributed by atoms with E-state index in [1.165, 1.54) is 32.1 Å². The van der Waals surface area contributed by atoms with Gasteiger partial charge in [0.1, 0.15) is 5.78 Å². The molecule has 3 heteroatoms. The largest absolute Gasteiger partial charge is 0.320 e. The summed E-state index contributed by atoms with van der Waals surface area (Å²) in [4.78, 5) is 12.5. The first kappa shape index (κ1) is 23.6. The van der Waals surface area contributed by atoms with Crippen LogP contribution in [-0.2, 0) is 4.79 Å². The lowest BCUT2D eigenvalue weighted by Crippen LogP contribution is -2.37. The molecule has 24 heavy (non-hydrogen) atoms. The molecule has 0 aromatic rings. The number of hydrogen-bond acceptors (Lipinski definition) is 3. The monoisotopic (exact) mass is 340 g/mol. The van der Waals surface area contributed by atoms with Gasteiger partial charge in [-0.1, -0.05) is 59.8 Å². The molecule has 2 N–H and O–H groups in total. The van der Waals surface area contributed by atoms with Gasteiger partial charge >= 0.3 is 0 Å². The van der Waals surface area contributed by atoms with E-state index in [0.29, 0.717) is 5.78 Å². The van der Waals surface area contributed by atoms with Crippen LogP contribution >= 0.6 is 0 Å². The lowest BCUT2D eigenvalue weighted by Gasteiger charge is -2.18. The van der Waals surface area contributed by atoms with Gasteiger partial charge in [0.25, 0.3) is 0 Å². The van der Waals surface area contributed by atoms with Crippen molar-refractivity contribution in [2.75, 3.05) is 20.1 Å². The van der Waals surface area contributed by atoms with Crippen LogP contribution in [-0.4, -0.2) is 32.0 Å². The van der Waals surface area contributed by atoms with Gasteiger partial charge in [-0.2, -0.15) is 0 Å². The van der Waals surface area contributed by atoms with Crippen LogP contribution in [0.5, 0.6) is 0 Å². The lowest BCUT2D eigenvalue weighted by molar-refractivity contribution is -0.121. The zero-order valence-corrected chi connectivity index (χ0v) is 17.1. The molecule has 0 rings (SSSR count). The molecular weight excluding hydrogens is 296 g/mol. The molecular formula is C21H44N2O. The van der Waals surface area contributed by atoms with Crippen molar-refractivity contribution in [2.24, 2.45) is 11.8 Å². The van der Waals surface area contributed by atoms with Crippen molar-refractivity contribution in [3.8, 4) is 0 Å². The molecule has 0 saturated heterocycles. The Morgan fingerprint density at radius 2 is 1.29 bits per heavy atom. The van der Waals surface area contributed by atoms with Gasteiger partial charge in [0.15, 0.2) is 0 Å². The van der Waals surface area contributed by atoms with Crippen LogP contribution in [0.1, 0.15) is 91.9 Å². The number of carbonyl (C=O) groups is 1. The molecule has 0 bridgehead atoms. The summed E-state index contributed by atoms with van der Waals surface area (Å²) in [5, 5.41) is 6.74. The van der Waals surface area contributed by atoms with E-state index in [1.807, 2.05) is 7.05 Å². The Labute approximate surface area is 151 Å². The van der Waals surface area contributed by atoms with Gasteiger partial charge in [0.05, 0.1) is 6.04 Å². The van der Waals surface area contributed by atoms with Gasteiger partial charge in [-0.25, -0.2) is 0 Å². The van der Waals surface area contributed by atoms with Crippen molar-refractivity contribution < 1.29 is 4.79 Å². The van der Waals surface area contributed by atoms with Crippen LogP contribution < -0.4 is 10.6 Å². The second-order valence-corrected chi connectivity index (χ2v) is 8.10. The maximum Gasteiger partial charge on any atom is 0.149 e. The summed E-state index contributed by atoms with van der Waals surface area (Å²) in [7, 11) is 1.99. The molecule has 1 atom stereocenters. The van der Waals surface area contributed by atoms with E-state index in [-0.39, 0.29) is 6.04 Å². The third kappa shape index (κ3) is 15.1. The predicted octanol–water partition coefficient (Wildman–Crippen LogP) is 4.95. The zero-order chi connectivity index (χ0) is 18.2. The molecule has 0 saturated carbocycles. The minimum absolute atomic E-state index is 0.0833. The first-order chi connectivity index (χ1) is 11.5. The fourth-order valence-electron chi connectivity index (χ4n) is 3.01. The molecule has 0 aliphatic rings. The highest BCUT2D eigenvalue weighted by molar-refractivity contribution is 5.83. The number of nitrogens with one attached hydrogen (secondary N) is 2. The minimum atomic E-state index is 0.0833. The summed E-state index contributed by atoms with van der Waals surface area (Å²) >= 11 is 0. The number of ketones is 1. The molecule has 0 spiro atoms. The summed E-state index contributed by atoms with van der Waals surface area (Å²) in [6, 6.07) is 0.0833. The molecule has 0 aromatic carbocycles. The van der Waals surface area contributed by atoms with Gasteiger partial charge in [-0.05, 0) is 57.7 Å². The number of unbranched alkanes of at least 4 members (excludes halogenated alkanes) is 3. The highest BCUT2D eigenvalue weighted by Gasteiger charge is 2.16. The Balaban J connectivity index is 4.07. The van der Waals surface area contributed by atoms with Crippen molar-refractivity contribution in [2.45, 2.75) is 97.9 Å². The SMILES string of the molecule is CNCCCC[C@@H](NCCCCC(C)C)C(=O)CCCCC(C)C. The highest BCUT2D eigenvalue weighted by Crippen LogP contribution is 2.12. The topological polar surface area (TPSA) is 41.1 Å². The van der Waals surface area contributed by atoms with E-state index in [9.17, 15) is 4.79 Å². The Morgan fingerprint density at radius 3 is 1.88 bits per heavy atom. The standard InChI is InChI=1S/C21H44N2O/c1-18(2)12-6-7-15-21(24)20(14-9-10-16-22-5)23-17-11-8-13-19(3)4/h18-20,22-23H,6-17H2,1-5H3/t20-/m1/s1. The third-order valence-corrected chi connectivity index (χ3v) is 4.61. The van der Waals surface area contributed by atoms with Gasteiger partial charge in [0, 0.05) is 6.42 Å². The average molecular weight is 341 g/mol. The third-order valence-electron chi connectivity index (χ3n) is 4.61. The van der Waals surface area contributed by atoms with Crippen LogP contribution in [0.15, 0.2) is 0 Å². The highest BCUT2D eigenvalue weighted by atomic mass is 16.1. The average Bonchev–Trinajstić information content (AvgIpc) is 2.52. The van der Waals surface area contributed by atoms with E-state index in [2.05, 4.69) is 38.3 Å². The lowest BCUT2D eigenvalue weighted by atomic mass is 9.98. The Kier molecular flexibility index (Phi) is 15.8. The maximum atomic E-state index is 12.5. The van der Waals surface area contributed by atoms with Crippen molar-refractivity contribution in [1.29, 1.82) is 0 Å². The smallest absolute Gasteiger partial charge is 0.149 e. The summed E-state index contributed by atoms with van der Waals surface area (Å²) < 4.78 is 0. The van der Waals surface area contributed by atoms with Crippen molar-refractivity contribution in [1.82, 2.24) is 10.6 Å². The molecule has 0 aliphatic heterocycles. The first-order valence-electron chi connectivity index (χ1n) is 10.4. The predicted molar refractivity (Wildman–Crippen MR) is 107 cm³/mol. The van der Waals surface area contributed by atoms with Crippen molar-refractivity contribution in [3.63, 3.8) is 0 Å². The van der Waals surface area contributed by atoms with Crippen molar-refractivity contribution >= 4 is 5.78 Å². The normalized spacial score (nSPS) is 13.0. The van der Waals surface area contributed by atoms with Crippen LogP contribution in [0.25, 0.3) is 0 Å². The fraction of sp³-hybridized carbons (Fsp3) is 0.952. The van der Waals surface area contributed by atoms with E-state index in [0.717, 1.165) is 57.0 Å². The minimum Gasteiger partial charge on any atom is -0.320 e. The molecule has 0 heterocycles. The maximum absolute atomic E-state index is 12.5. The van der Waals surface area contributed by atoms with E-state index >= 15 is 0 Å². The van der Waals surface area contributed by atoms with Gasteiger partial charge < -0.3 is 10.6 Å². The molecule has 3 nitrogen and oxygen atoms in total. The Hall–Kier alpha value is -0.410. The van der Waals surface area contributed by atoms with E-state index in [4.69, 9.17) is 0 Å². The fourth-order valence-corrected chi connectivity index (χ4v) is 3.01. The molecule has 0 amide bonds. The molecule has 144 valence electrons. The Morgan fingerprint density at radius 1 is 0.750 bits per heavy atom. The molecule has 0 fully saturated rings.